The lowest BCUT2D eigenvalue weighted by Gasteiger charge is -2.45. The van der Waals surface area contributed by atoms with Crippen LogP contribution in [-0.2, 0) is 6.54 Å². The molecule has 0 saturated carbocycles. The second-order valence-corrected chi connectivity index (χ2v) is 6.09. The fourth-order valence-corrected chi connectivity index (χ4v) is 2.68. The predicted octanol–water partition coefficient (Wildman–Crippen LogP) is 1.31. The minimum absolute atomic E-state index is 0.170. The van der Waals surface area contributed by atoms with Gasteiger partial charge < -0.3 is 10.9 Å². The Labute approximate surface area is 120 Å². The molecule has 1 fully saturated rings. The second-order valence-electron chi connectivity index (χ2n) is 6.09. The van der Waals surface area contributed by atoms with Crippen molar-refractivity contribution in [1.82, 2.24) is 9.80 Å². The molecule has 3 N–H and O–H groups in total. The summed E-state index contributed by atoms with van der Waals surface area (Å²) in [6.07, 6.45) is 0. The normalized spacial score (nSPS) is 21.1. The number of rotatable bonds is 3. The Morgan fingerprint density at radius 1 is 1.35 bits per heavy atom. The lowest BCUT2D eigenvalue weighted by atomic mass is 9.98. The highest BCUT2D eigenvalue weighted by Gasteiger charge is 2.31. The first-order valence-corrected chi connectivity index (χ1v) is 6.93. The summed E-state index contributed by atoms with van der Waals surface area (Å²) in [6.45, 7) is 8.43. The number of hydrogen-bond donors (Lipinski definition) is 2. The Balaban J connectivity index is 2.15. The van der Waals surface area contributed by atoms with Crippen LogP contribution in [0.2, 0.25) is 0 Å². The minimum Gasteiger partial charge on any atom is -0.409 e. The first-order valence-electron chi connectivity index (χ1n) is 6.93. The minimum atomic E-state index is 0.170. The highest BCUT2D eigenvalue weighted by molar-refractivity contribution is 5.98. The van der Waals surface area contributed by atoms with Crippen molar-refractivity contribution in [1.29, 1.82) is 0 Å². The maximum Gasteiger partial charge on any atom is 0.170 e. The van der Waals surface area contributed by atoms with Gasteiger partial charge >= 0.3 is 0 Å². The van der Waals surface area contributed by atoms with E-state index in [1.165, 1.54) is 0 Å². The summed E-state index contributed by atoms with van der Waals surface area (Å²) >= 11 is 0. The van der Waals surface area contributed by atoms with Crippen molar-refractivity contribution in [2.45, 2.75) is 25.9 Å². The zero-order valence-electron chi connectivity index (χ0n) is 12.5. The molecular weight excluding hydrogens is 252 g/mol. The predicted molar refractivity (Wildman–Crippen MR) is 80.9 cm³/mol. The summed E-state index contributed by atoms with van der Waals surface area (Å²) in [5.74, 6) is 0.175. The van der Waals surface area contributed by atoms with E-state index in [0.29, 0.717) is 0 Å². The molecule has 5 nitrogen and oxygen atoms in total. The Morgan fingerprint density at radius 3 is 2.70 bits per heavy atom. The molecule has 0 unspecified atom stereocenters. The third kappa shape index (κ3) is 3.11. The number of piperazine rings is 1. The van der Waals surface area contributed by atoms with Gasteiger partial charge in [-0.15, -0.1) is 0 Å². The van der Waals surface area contributed by atoms with Gasteiger partial charge in [0.1, 0.15) is 0 Å². The second kappa shape index (κ2) is 5.81. The van der Waals surface area contributed by atoms with Gasteiger partial charge in [-0.05, 0) is 26.5 Å². The van der Waals surface area contributed by atoms with Crippen LogP contribution in [-0.4, -0.2) is 53.1 Å². The van der Waals surface area contributed by atoms with Crippen LogP contribution >= 0.6 is 0 Å². The quantitative estimate of drug-likeness (QED) is 0.378. The van der Waals surface area contributed by atoms with Crippen LogP contribution in [0.5, 0.6) is 0 Å². The highest BCUT2D eigenvalue weighted by atomic mass is 16.4. The molecule has 1 heterocycles. The van der Waals surface area contributed by atoms with Crippen LogP contribution in [0.3, 0.4) is 0 Å². The van der Waals surface area contributed by atoms with Gasteiger partial charge in [0.25, 0.3) is 0 Å². The summed E-state index contributed by atoms with van der Waals surface area (Å²) in [5.41, 5.74) is 7.83. The van der Waals surface area contributed by atoms with Crippen LogP contribution in [0.15, 0.2) is 29.4 Å². The Kier molecular flexibility index (Phi) is 4.30. The van der Waals surface area contributed by atoms with Gasteiger partial charge in [0.2, 0.25) is 0 Å². The molecule has 1 aromatic carbocycles. The monoisotopic (exact) mass is 276 g/mol. The number of benzene rings is 1. The molecule has 0 radical (unpaired) electrons. The molecule has 0 atom stereocenters. The Morgan fingerprint density at radius 2 is 2.05 bits per heavy atom. The third-order valence-electron chi connectivity index (χ3n) is 4.19. The molecule has 0 aromatic heterocycles. The summed E-state index contributed by atoms with van der Waals surface area (Å²) in [6, 6.07) is 7.83. The van der Waals surface area contributed by atoms with Gasteiger partial charge in [0, 0.05) is 37.3 Å². The van der Waals surface area contributed by atoms with Crippen LogP contribution < -0.4 is 5.73 Å². The van der Waals surface area contributed by atoms with E-state index in [0.717, 1.165) is 37.3 Å². The molecule has 0 spiro atoms. The largest absolute Gasteiger partial charge is 0.409 e. The number of nitrogens with zero attached hydrogens (tertiary/aromatic N) is 3. The molecular formula is C15H24N4O. The fraction of sp³-hybridized carbons (Fsp3) is 0.533. The van der Waals surface area contributed by atoms with Gasteiger partial charge in [0.05, 0.1) is 0 Å². The van der Waals surface area contributed by atoms with E-state index in [1.54, 1.807) is 0 Å². The average Bonchev–Trinajstić information content (AvgIpc) is 2.42. The van der Waals surface area contributed by atoms with E-state index in [1.807, 2.05) is 24.3 Å². The van der Waals surface area contributed by atoms with Crippen LogP contribution in [0, 0.1) is 0 Å². The van der Waals surface area contributed by atoms with Crippen LogP contribution in [0.1, 0.15) is 25.0 Å². The van der Waals surface area contributed by atoms with E-state index in [2.05, 4.69) is 35.9 Å². The lowest BCUT2D eigenvalue weighted by Crippen LogP contribution is -2.57. The molecule has 1 aliphatic heterocycles. The maximum absolute atomic E-state index is 8.88. The summed E-state index contributed by atoms with van der Waals surface area (Å²) in [7, 11) is 2.17. The molecule has 1 saturated heterocycles. The van der Waals surface area contributed by atoms with Crippen molar-refractivity contribution in [3.8, 4) is 0 Å². The highest BCUT2D eigenvalue weighted by Crippen LogP contribution is 2.21. The van der Waals surface area contributed by atoms with Crippen molar-refractivity contribution < 1.29 is 5.21 Å². The molecule has 0 amide bonds. The van der Waals surface area contributed by atoms with Gasteiger partial charge in [-0.1, -0.05) is 29.4 Å². The zero-order valence-corrected chi connectivity index (χ0v) is 12.5. The van der Waals surface area contributed by atoms with E-state index < -0.39 is 0 Å². The first-order chi connectivity index (χ1) is 9.44. The van der Waals surface area contributed by atoms with Crippen LogP contribution in [0.25, 0.3) is 0 Å². The Hall–Kier alpha value is -1.59. The van der Waals surface area contributed by atoms with E-state index >= 15 is 0 Å². The van der Waals surface area contributed by atoms with Crippen molar-refractivity contribution in [3.63, 3.8) is 0 Å². The molecule has 20 heavy (non-hydrogen) atoms. The maximum atomic E-state index is 8.88. The Bertz CT molecular complexity index is 498. The molecule has 5 heteroatoms. The van der Waals surface area contributed by atoms with Gasteiger partial charge in [0.15, 0.2) is 5.84 Å². The molecule has 1 aromatic rings. The number of nitrogens with two attached hydrogens (primary N) is 1. The molecule has 2 rings (SSSR count). The summed E-state index contributed by atoms with van der Waals surface area (Å²) < 4.78 is 0. The number of amidine groups is 1. The average molecular weight is 276 g/mol. The van der Waals surface area contributed by atoms with E-state index in [9.17, 15) is 0 Å². The standard InChI is InChI=1S/C15H24N4O/c1-15(2)11-19(9-8-18(15)3)10-12-6-4-5-7-13(12)14(16)17-20/h4-7,20H,8-11H2,1-3H3,(H2,16,17). The topological polar surface area (TPSA) is 65.1 Å². The zero-order chi connectivity index (χ0) is 14.8. The summed E-state index contributed by atoms with van der Waals surface area (Å²) in [4.78, 5) is 4.81. The number of hydrogen-bond acceptors (Lipinski definition) is 4. The molecule has 110 valence electrons. The first kappa shape index (κ1) is 14.8. The molecule has 1 aliphatic rings. The molecule has 0 aliphatic carbocycles. The van der Waals surface area contributed by atoms with Crippen LogP contribution in [0.4, 0.5) is 0 Å². The summed E-state index contributed by atoms with van der Waals surface area (Å²) in [5, 5.41) is 12.0. The van der Waals surface area contributed by atoms with E-state index in [-0.39, 0.29) is 11.4 Å². The van der Waals surface area contributed by atoms with Crippen molar-refractivity contribution in [2.75, 3.05) is 26.7 Å². The van der Waals surface area contributed by atoms with Gasteiger partial charge in [-0.2, -0.15) is 0 Å². The lowest BCUT2D eigenvalue weighted by molar-refractivity contribution is 0.0360. The smallest absolute Gasteiger partial charge is 0.170 e. The fourth-order valence-electron chi connectivity index (χ4n) is 2.68. The molecule has 0 bridgehead atoms. The van der Waals surface area contributed by atoms with Crippen molar-refractivity contribution in [3.05, 3.63) is 35.4 Å². The third-order valence-corrected chi connectivity index (χ3v) is 4.19. The van der Waals surface area contributed by atoms with E-state index in [4.69, 9.17) is 10.9 Å². The SMILES string of the molecule is CN1CCN(Cc2ccccc2C(N)=NO)CC1(C)C. The van der Waals surface area contributed by atoms with Gasteiger partial charge in [-0.25, -0.2) is 0 Å². The van der Waals surface area contributed by atoms with Crippen molar-refractivity contribution in [2.24, 2.45) is 10.9 Å². The number of oxime groups is 1. The van der Waals surface area contributed by atoms with Gasteiger partial charge in [-0.3, -0.25) is 9.80 Å². The van der Waals surface area contributed by atoms with Crippen molar-refractivity contribution >= 4 is 5.84 Å². The number of likely N-dealkylation sites (N-methyl/N-ethyl adjacent to an activating group) is 1.